The summed E-state index contributed by atoms with van der Waals surface area (Å²) in [6.07, 6.45) is -1.93. The van der Waals surface area contributed by atoms with Gasteiger partial charge in [0.2, 0.25) is 0 Å². The van der Waals surface area contributed by atoms with Crippen LogP contribution in [-0.2, 0) is 20.9 Å². The van der Waals surface area contributed by atoms with E-state index in [2.05, 4.69) is 15.3 Å². The summed E-state index contributed by atoms with van der Waals surface area (Å²) in [6, 6.07) is 0.595. The fourth-order valence-electron chi connectivity index (χ4n) is 3.48. The quantitative estimate of drug-likeness (QED) is 0.808. The summed E-state index contributed by atoms with van der Waals surface area (Å²) >= 11 is 1.70. The molecule has 4 rings (SSSR count). The van der Waals surface area contributed by atoms with Crippen molar-refractivity contribution in [3.8, 4) is 0 Å². The topological polar surface area (TPSA) is 71.9 Å². The molecule has 2 saturated heterocycles. The molecule has 0 amide bonds. The van der Waals surface area contributed by atoms with Crippen molar-refractivity contribution >= 4 is 17.3 Å². The number of carbonyl (C=O) groups is 1. The number of rotatable bonds is 5. The molecule has 1 saturated carbocycles. The van der Waals surface area contributed by atoms with E-state index < -0.39 is 12.1 Å². The Morgan fingerprint density at radius 2 is 2.15 bits per heavy atom. The zero-order valence-electron chi connectivity index (χ0n) is 14.9. The SMILES string of the molecule is Cc1nc(CO[C@@H]2CN(CC3CC3)[C@@H]3COC[C@@H]32)cs1.O=C(O)C(F)(F)F. The zero-order valence-corrected chi connectivity index (χ0v) is 15.8. The minimum absolute atomic E-state index is 0.322. The second-order valence-corrected chi connectivity index (χ2v) is 8.24. The number of thiazole rings is 1. The molecule has 0 spiro atoms. The summed E-state index contributed by atoms with van der Waals surface area (Å²) in [5.74, 6) is -1.25. The Morgan fingerprint density at radius 3 is 2.70 bits per heavy atom. The monoisotopic (exact) mass is 408 g/mol. The van der Waals surface area contributed by atoms with Gasteiger partial charge >= 0.3 is 12.1 Å². The van der Waals surface area contributed by atoms with Crippen LogP contribution in [0.15, 0.2) is 5.38 Å². The number of ether oxygens (including phenoxy) is 2. The van der Waals surface area contributed by atoms with E-state index >= 15 is 0 Å². The molecule has 3 aliphatic rings. The van der Waals surface area contributed by atoms with Crippen LogP contribution in [0.1, 0.15) is 23.5 Å². The number of aryl methyl sites for hydroxylation is 1. The van der Waals surface area contributed by atoms with E-state index in [9.17, 15) is 13.2 Å². The van der Waals surface area contributed by atoms with Gasteiger partial charge < -0.3 is 14.6 Å². The van der Waals surface area contributed by atoms with Gasteiger partial charge in [-0.05, 0) is 25.7 Å². The molecule has 1 aromatic rings. The molecule has 27 heavy (non-hydrogen) atoms. The van der Waals surface area contributed by atoms with E-state index in [1.165, 1.54) is 19.4 Å². The first kappa shape index (κ1) is 20.5. The van der Waals surface area contributed by atoms with Crippen molar-refractivity contribution in [2.24, 2.45) is 11.8 Å². The third-order valence-corrected chi connectivity index (χ3v) is 5.82. The third-order valence-electron chi connectivity index (χ3n) is 5.00. The Hall–Kier alpha value is -1.23. The van der Waals surface area contributed by atoms with E-state index in [1.54, 1.807) is 11.3 Å². The number of nitrogens with zero attached hydrogens (tertiary/aromatic N) is 2. The van der Waals surface area contributed by atoms with Gasteiger partial charge in [0.15, 0.2) is 0 Å². The summed E-state index contributed by atoms with van der Waals surface area (Å²) in [6.45, 7) is 6.79. The van der Waals surface area contributed by atoms with Gasteiger partial charge in [0.25, 0.3) is 0 Å². The van der Waals surface area contributed by atoms with Crippen LogP contribution in [0, 0.1) is 18.8 Å². The Kier molecular flexibility index (Phi) is 6.39. The fraction of sp³-hybridized carbons (Fsp3) is 0.765. The molecular formula is C17H23F3N2O4S. The second-order valence-electron chi connectivity index (χ2n) is 7.18. The predicted molar refractivity (Wildman–Crippen MR) is 91.5 cm³/mol. The maximum atomic E-state index is 10.6. The van der Waals surface area contributed by atoms with E-state index in [-0.39, 0.29) is 0 Å². The number of alkyl halides is 3. The first-order chi connectivity index (χ1) is 12.7. The average Bonchev–Trinajstić information content (AvgIpc) is 2.98. The van der Waals surface area contributed by atoms with Gasteiger partial charge in [-0.25, -0.2) is 9.78 Å². The predicted octanol–water partition coefficient (Wildman–Crippen LogP) is 2.71. The van der Waals surface area contributed by atoms with Crippen LogP contribution in [0.4, 0.5) is 13.2 Å². The van der Waals surface area contributed by atoms with Crippen LogP contribution in [0.25, 0.3) is 0 Å². The molecule has 1 aliphatic carbocycles. The molecule has 3 fully saturated rings. The Morgan fingerprint density at radius 1 is 1.44 bits per heavy atom. The summed E-state index contributed by atoms with van der Waals surface area (Å²) in [5.41, 5.74) is 1.07. The Labute approximate surface area is 159 Å². The number of aromatic nitrogens is 1. The summed E-state index contributed by atoms with van der Waals surface area (Å²) < 4.78 is 43.6. The molecule has 6 nitrogen and oxygen atoms in total. The lowest BCUT2D eigenvalue weighted by molar-refractivity contribution is -0.192. The number of fused-ring (bicyclic) bond motifs is 1. The van der Waals surface area contributed by atoms with E-state index in [4.69, 9.17) is 19.4 Å². The minimum atomic E-state index is -5.08. The van der Waals surface area contributed by atoms with Crippen LogP contribution in [0.2, 0.25) is 0 Å². The van der Waals surface area contributed by atoms with Gasteiger partial charge in [-0.1, -0.05) is 0 Å². The molecule has 1 N–H and O–H groups in total. The molecule has 10 heteroatoms. The van der Waals surface area contributed by atoms with Gasteiger partial charge in [-0.15, -0.1) is 11.3 Å². The number of hydrogen-bond donors (Lipinski definition) is 1. The molecule has 0 aromatic carbocycles. The van der Waals surface area contributed by atoms with Crippen molar-refractivity contribution in [3.63, 3.8) is 0 Å². The molecule has 2 aliphatic heterocycles. The van der Waals surface area contributed by atoms with Crippen molar-refractivity contribution in [1.82, 2.24) is 9.88 Å². The van der Waals surface area contributed by atoms with Crippen molar-refractivity contribution in [3.05, 3.63) is 16.1 Å². The second kappa shape index (κ2) is 8.42. The molecule has 0 unspecified atom stereocenters. The third kappa shape index (κ3) is 5.63. The molecule has 0 radical (unpaired) electrons. The van der Waals surface area contributed by atoms with E-state index in [0.717, 1.165) is 36.4 Å². The average molecular weight is 408 g/mol. The van der Waals surface area contributed by atoms with Crippen LogP contribution < -0.4 is 0 Å². The van der Waals surface area contributed by atoms with Gasteiger partial charge in [0.1, 0.15) is 0 Å². The molecule has 1 aromatic heterocycles. The number of hydrogen-bond acceptors (Lipinski definition) is 6. The maximum Gasteiger partial charge on any atom is 0.490 e. The summed E-state index contributed by atoms with van der Waals surface area (Å²) in [7, 11) is 0. The number of aliphatic carboxylic acids is 1. The lowest BCUT2D eigenvalue weighted by Gasteiger charge is -2.21. The molecule has 3 atom stereocenters. The normalized spacial score (nSPS) is 27.9. The van der Waals surface area contributed by atoms with Crippen LogP contribution in [0.5, 0.6) is 0 Å². The molecule has 0 bridgehead atoms. The smallest absolute Gasteiger partial charge is 0.475 e. The molecule has 3 heterocycles. The Bertz CT molecular complexity index is 650. The highest BCUT2D eigenvalue weighted by atomic mass is 32.1. The highest BCUT2D eigenvalue weighted by Crippen LogP contribution is 2.37. The lowest BCUT2D eigenvalue weighted by atomic mass is 10.0. The number of carboxylic acids is 1. The number of halogens is 3. The van der Waals surface area contributed by atoms with Crippen LogP contribution >= 0.6 is 11.3 Å². The van der Waals surface area contributed by atoms with Crippen molar-refractivity contribution in [2.45, 2.75) is 44.7 Å². The van der Waals surface area contributed by atoms with Gasteiger partial charge in [0, 0.05) is 30.4 Å². The largest absolute Gasteiger partial charge is 0.490 e. The minimum Gasteiger partial charge on any atom is -0.475 e. The van der Waals surface area contributed by atoms with Gasteiger partial charge in [-0.3, -0.25) is 4.90 Å². The van der Waals surface area contributed by atoms with Crippen molar-refractivity contribution < 1.29 is 32.5 Å². The summed E-state index contributed by atoms with van der Waals surface area (Å²) in [5, 5.41) is 10.3. The number of carboxylic acid groups (broad SMARTS) is 1. The summed E-state index contributed by atoms with van der Waals surface area (Å²) in [4.78, 5) is 16.0. The Balaban J connectivity index is 0.000000260. The standard InChI is InChI=1S/C15H22N2O2S.C2HF3O2/c1-10-16-12(9-20-10)6-19-15-5-17(4-11-2-3-11)14-8-18-7-13(14)15;3-2(4,5)1(6)7/h9,11,13-15H,2-8H2,1H3;(H,6,7)/t13-,14+,15+;/m0./s1. The molecule has 152 valence electrons. The van der Waals surface area contributed by atoms with Crippen LogP contribution in [0.3, 0.4) is 0 Å². The van der Waals surface area contributed by atoms with Crippen molar-refractivity contribution in [1.29, 1.82) is 0 Å². The first-order valence-electron chi connectivity index (χ1n) is 8.88. The highest BCUT2D eigenvalue weighted by Gasteiger charge is 2.47. The molecular weight excluding hydrogens is 385 g/mol. The first-order valence-corrected chi connectivity index (χ1v) is 9.76. The van der Waals surface area contributed by atoms with E-state index in [0.29, 0.717) is 24.7 Å². The zero-order chi connectivity index (χ0) is 19.6. The lowest BCUT2D eigenvalue weighted by Crippen LogP contribution is -2.34. The van der Waals surface area contributed by atoms with Gasteiger partial charge in [0.05, 0.1) is 36.6 Å². The highest BCUT2D eigenvalue weighted by molar-refractivity contribution is 7.09. The maximum absolute atomic E-state index is 10.6. The van der Waals surface area contributed by atoms with Crippen LogP contribution in [-0.4, -0.2) is 65.6 Å². The number of likely N-dealkylation sites (tertiary alicyclic amines) is 1. The van der Waals surface area contributed by atoms with Crippen molar-refractivity contribution in [2.75, 3.05) is 26.3 Å². The van der Waals surface area contributed by atoms with Gasteiger partial charge in [-0.2, -0.15) is 13.2 Å². The fourth-order valence-corrected chi connectivity index (χ4v) is 4.08. The van der Waals surface area contributed by atoms with E-state index in [1.807, 2.05) is 6.92 Å².